The van der Waals surface area contributed by atoms with Crippen molar-refractivity contribution in [3.8, 4) is 22.4 Å². The average molecular weight is 587 g/mol. The van der Waals surface area contributed by atoms with Crippen LogP contribution in [-0.4, -0.2) is 36.3 Å². The van der Waals surface area contributed by atoms with E-state index in [0.717, 1.165) is 15.6 Å². The van der Waals surface area contributed by atoms with Gasteiger partial charge in [0.2, 0.25) is 10.0 Å². The summed E-state index contributed by atoms with van der Waals surface area (Å²) in [6, 6.07) is 16.7. The van der Waals surface area contributed by atoms with E-state index in [1.807, 2.05) is 29.1 Å². The predicted octanol–water partition coefficient (Wildman–Crippen LogP) is 6.05. The molecule has 0 aliphatic rings. The Hall–Kier alpha value is -3.08. The van der Waals surface area contributed by atoms with Gasteiger partial charge in [-0.3, -0.25) is 4.68 Å². The predicted molar refractivity (Wildman–Crippen MR) is 148 cm³/mol. The van der Waals surface area contributed by atoms with Crippen LogP contribution >= 0.6 is 15.9 Å². The summed E-state index contributed by atoms with van der Waals surface area (Å²) in [4.78, 5) is 4.62. The van der Waals surface area contributed by atoms with Crippen molar-refractivity contribution in [2.75, 3.05) is 18.4 Å². The molecule has 0 atom stereocenters. The Labute approximate surface area is 225 Å². The van der Waals surface area contributed by atoms with Crippen LogP contribution in [0, 0.1) is 5.82 Å². The van der Waals surface area contributed by atoms with Crippen molar-refractivity contribution in [1.29, 1.82) is 0 Å². The largest absolute Gasteiger partial charge is 0.370 e. The Kier molecular flexibility index (Phi) is 8.11. The van der Waals surface area contributed by atoms with Gasteiger partial charge >= 0.3 is 0 Å². The topological polar surface area (TPSA) is 88.9 Å². The average Bonchev–Trinajstić information content (AvgIpc) is 3.31. The van der Waals surface area contributed by atoms with E-state index in [4.69, 9.17) is 5.10 Å². The third-order valence-corrected chi connectivity index (χ3v) is 7.65. The van der Waals surface area contributed by atoms with E-state index in [9.17, 15) is 12.8 Å². The standard InChI is InChI=1S/C27H29BrFN5O2S/c1-27(2,3)34-18-24(26(33-34)20-6-4-7-22(29)16-20)19-12-15-31-25(17-19)30-13-5-14-32-37(35,36)23-10-8-21(28)9-11-23/h4,6-12,15-18,32H,5,13-14H2,1-3H3,(H,30,31). The number of halogens is 2. The molecule has 2 aromatic heterocycles. The van der Waals surface area contributed by atoms with Crippen LogP contribution in [0.15, 0.2) is 82.4 Å². The van der Waals surface area contributed by atoms with Crippen molar-refractivity contribution in [2.24, 2.45) is 0 Å². The van der Waals surface area contributed by atoms with Crippen molar-refractivity contribution in [1.82, 2.24) is 19.5 Å². The van der Waals surface area contributed by atoms with Gasteiger partial charge in [0, 0.05) is 41.1 Å². The lowest BCUT2D eigenvalue weighted by molar-refractivity contribution is 0.356. The van der Waals surface area contributed by atoms with Crippen molar-refractivity contribution in [3.63, 3.8) is 0 Å². The quantitative estimate of drug-likeness (QED) is 0.233. The molecule has 0 fully saturated rings. The van der Waals surface area contributed by atoms with Gasteiger partial charge in [-0.25, -0.2) is 22.5 Å². The van der Waals surface area contributed by atoms with Gasteiger partial charge in [-0.05, 0) is 81.3 Å². The molecule has 0 aliphatic carbocycles. The second-order valence-corrected chi connectivity index (χ2v) is 12.3. The molecule has 37 heavy (non-hydrogen) atoms. The number of nitrogens with zero attached hydrogens (tertiary/aromatic N) is 3. The Bertz CT molecular complexity index is 1480. The highest BCUT2D eigenvalue weighted by atomic mass is 79.9. The highest BCUT2D eigenvalue weighted by Gasteiger charge is 2.20. The number of aromatic nitrogens is 3. The van der Waals surface area contributed by atoms with Crippen LogP contribution in [0.4, 0.5) is 10.2 Å². The van der Waals surface area contributed by atoms with Gasteiger partial charge in [-0.1, -0.05) is 28.1 Å². The van der Waals surface area contributed by atoms with Crippen molar-refractivity contribution >= 4 is 31.8 Å². The molecule has 0 spiro atoms. The molecule has 0 amide bonds. The second-order valence-electron chi connectivity index (χ2n) is 9.58. The molecule has 0 radical (unpaired) electrons. The van der Waals surface area contributed by atoms with Gasteiger partial charge in [0.15, 0.2) is 0 Å². The summed E-state index contributed by atoms with van der Waals surface area (Å²) in [6.07, 6.45) is 4.24. The van der Waals surface area contributed by atoms with E-state index in [-0.39, 0.29) is 22.8 Å². The van der Waals surface area contributed by atoms with Crippen LogP contribution in [0.5, 0.6) is 0 Å². The summed E-state index contributed by atoms with van der Waals surface area (Å²) in [5.41, 5.74) is 2.89. The molecule has 4 rings (SSSR count). The highest BCUT2D eigenvalue weighted by Crippen LogP contribution is 2.34. The number of anilines is 1. The Morgan fingerprint density at radius 2 is 1.76 bits per heavy atom. The highest BCUT2D eigenvalue weighted by molar-refractivity contribution is 9.10. The monoisotopic (exact) mass is 585 g/mol. The molecule has 2 heterocycles. The molecule has 0 aliphatic heterocycles. The molecule has 10 heteroatoms. The number of pyridine rings is 1. The van der Waals surface area contributed by atoms with Crippen LogP contribution in [0.25, 0.3) is 22.4 Å². The zero-order valence-corrected chi connectivity index (χ0v) is 23.3. The fourth-order valence-corrected chi connectivity index (χ4v) is 5.02. The van der Waals surface area contributed by atoms with Crippen molar-refractivity contribution in [3.05, 3.63) is 83.3 Å². The minimum atomic E-state index is -3.56. The van der Waals surface area contributed by atoms with Crippen molar-refractivity contribution < 1.29 is 12.8 Å². The summed E-state index contributed by atoms with van der Waals surface area (Å²) < 4.78 is 44.2. The fourth-order valence-electron chi connectivity index (χ4n) is 3.68. The number of nitrogens with one attached hydrogen (secondary N) is 2. The van der Waals surface area contributed by atoms with Crippen molar-refractivity contribution in [2.45, 2.75) is 37.6 Å². The van der Waals surface area contributed by atoms with Crippen LogP contribution in [0.2, 0.25) is 0 Å². The molecular formula is C27H29BrFN5O2S. The Balaban J connectivity index is 1.45. The minimum absolute atomic E-state index is 0.225. The third-order valence-electron chi connectivity index (χ3n) is 5.65. The number of hydrogen-bond acceptors (Lipinski definition) is 5. The van der Waals surface area contributed by atoms with Crippen LogP contribution < -0.4 is 10.0 Å². The first-order chi connectivity index (χ1) is 17.5. The molecule has 2 N–H and O–H groups in total. The first kappa shape index (κ1) is 27.0. The minimum Gasteiger partial charge on any atom is -0.370 e. The maximum Gasteiger partial charge on any atom is 0.240 e. The maximum atomic E-state index is 14.0. The maximum absolute atomic E-state index is 14.0. The van der Waals surface area contributed by atoms with E-state index < -0.39 is 10.0 Å². The van der Waals surface area contributed by atoms with Crippen LogP contribution in [0.1, 0.15) is 27.2 Å². The number of rotatable bonds is 9. The summed E-state index contributed by atoms with van der Waals surface area (Å²) in [7, 11) is -3.56. The van der Waals surface area contributed by atoms with Gasteiger partial charge in [0.25, 0.3) is 0 Å². The zero-order chi connectivity index (χ0) is 26.6. The van der Waals surface area contributed by atoms with Gasteiger partial charge in [0.1, 0.15) is 17.3 Å². The van der Waals surface area contributed by atoms with E-state index in [2.05, 4.69) is 51.7 Å². The number of benzene rings is 2. The SMILES string of the molecule is CC(C)(C)n1cc(-c2ccnc(NCCCNS(=O)(=O)c3ccc(Br)cc3)c2)c(-c2cccc(F)c2)n1. The molecule has 0 saturated heterocycles. The van der Waals surface area contributed by atoms with Crippen LogP contribution in [0.3, 0.4) is 0 Å². The fraction of sp³-hybridized carbons (Fsp3) is 0.259. The third kappa shape index (κ3) is 6.82. The summed E-state index contributed by atoms with van der Waals surface area (Å²) in [5, 5.41) is 8.03. The van der Waals surface area contributed by atoms with E-state index in [1.165, 1.54) is 12.1 Å². The first-order valence-corrected chi connectivity index (χ1v) is 14.1. The zero-order valence-electron chi connectivity index (χ0n) is 20.9. The lowest BCUT2D eigenvalue weighted by Crippen LogP contribution is -2.26. The molecular weight excluding hydrogens is 557 g/mol. The van der Waals surface area contributed by atoms with Gasteiger partial charge < -0.3 is 5.32 Å². The number of hydrogen-bond donors (Lipinski definition) is 2. The summed E-state index contributed by atoms with van der Waals surface area (Å²) in [5.74, 6) is 0.337. The number of sulfonamides is 1. The molecule has 0 saturated carbocycles. The van der Waals surface area contributed by atoms with E-state index >= 15 is 0 Å². The molecule has 4 aromatic rings. The van der Waals surface area contributed by atoms with Gasteiger partial charge in [-0.2, -0.15) is 5.10 Å². The lowest BCUT2D eigenvalue weighted by Gasteiger charge is -2.18. The summed E-state index contributed by atoms with van der Waals surface area (Å²) >= 11 is 3.31. The molecule has 0 unspecified atom stereocenters. The molecule has 0 bridgehead atoms. The molecule has 194 valence electrons. The lowest BCUT2D eigenvalue weighted by atomic mass is 10.0. The Morgan fingerprint density at radius 3 is 2.46 bits per heavy atom. The van der Waals surface area contributed by atoms with E-state index in [0.29, 0.717) is 30.0 Å². The van der Waals surface area contributed by atoms with Crippen LogP contribution in [-0.2, 0) is 15.6 Å². The smallest absolute Gasteiger partial charge is 0.240 e. The molecule has 2 aromatic carbocycles. The normalized spacial score (nSPS) is 12.0. The second kappa shape index (κ2) is 11.1. The summed E-state index contributed by atoms with van der Waals surface area (Å²) in [6.45, 7) is 6.99. The van der Waals surface area contributed by atoms with Gasteiger partial charge in [-0.15, -0.1) is 0 Å². The molecule has 7 nitrogen and oxygen atoms in total. The first-order valence-electron chi connectivity index (χ1n) is 11.8. The van der Waals surface area contributed by atoms with Gasteiger partial charge in [0.05, 0.1) is 10.4 Å². The Morgan fingerprint density at radius 1 is 1.00 bits per heavy atom. The van der Waals surface area contributed by atoms with E-state index in [1.54, 1.807) is 36.5 Å².